The van der Waals surface area contributed by atoms with Gasteiger partial charge < -0.3 is 0 Å². The number of oxime groups is 1. The summed E-state index contributed by atoms with van der Waals surface area (Å²) in [5.41, 5.74) is 5.09. The minimum atomic E-state index is -0.875. The summed E-state index contributed by atoms with van der Waals surface area (Å²) in [5, 5.41) is 12.5. The van der Waals surface area contributed by atoms with Crippen LogP contribution < -0.4 is 5.73 Å². The topological polar surface area (TPSA) is 94.0 Å². The third kappa shape index (κ3) is 0.891. The van der Waals surface area contributed by atoms with Crippen molar-refractivity contribution in [2.75, 3.05) is 0 Å². The zero-order chi connectivity index (χ0) is 6.85. The Morgan fingerprint density at radius 2 is 2.67 bits per heavy atom. The highest BCUT2D eigenvalue weighted by Gasteiger charge is 2.28. The van der Waals surface area contributed by atoms with Crippen LogP contribution in [0.25, 0.3) is 0 Å². The maximum atomic E-state index is 9.86. The van der Waals surface area contributed by atoms with E-state index in [1.807, 2.05) is 0 Å². The SMILES string of the molecule is NC1C=NON1[N+](=O)[O-]. The van der Waals surface area contributed by atoms with Gasteiger partial charge in [-0.2, -0.15) is 0 Å². The molecule has 9 heavy (non-hydrogen) atoms. The minimum absolute atomic E-state index is 0.347. The molecule has 7 heteroatoms. The molecule has 50 valence electrons. The second kappa shape index (κ2) is 1.86. The van der Waals surface area contributed by atoms with E-state index in [1.54, 1.807) is 0 Å². The zero-order valence-corrected chi connectivity index (χ0v) is 4.30. The van der Waals surface area contributed by atoms with Gasteiger partial charge in [0.25, 0.3) is 0 Å². The Kier molecular flexibility index (Phi) is 1.19. The molecule has 0 amide bonds. The fourth-order valence-electron chi connectivity index (χ4n) is 0.388. The van der Waals surface area contributed by atoms with Crippen LogP contribution in [0, 0.1) is 10.1 Å². The van der Waals surface area contributed by atoms with Gasteiger partial charge in [-0.1, -0.05) is 5.16 Å². The molecule has 1 unspecified atom stereocenters. The van der Waals surface area contributed by atoms with Crippen LogP contribution in [0.4, 0.5) is 0 Å². The van der Waals surface area contributed by atoms with E-state index in [2.05, 4.69) is 10.1 Å². The average Bonchev–Trinajstić information content (AvgIpc) is 2.13. The van der Waals surface area contributed by atoms with E-state index in [4.69, 9.17) is 5.73 Å². The number of hydrazine groups is 1. The summed E-state index contributed by atoms with van der Waals surface area (Å²) in [7, 11) is 0. The second-order valence-corrected chi connectivity index (χ2v) is 1.37. The predicted octanol–water partition coefficient (Wildman–Crippen LogP) is -1.30. The molecule has 1 aliphatic heterocycles. The Morgan fingerprint density at radius 1 is 2.00 bits per heavy atom. The molecule has 1 heterocycles. The van der Waals surface area contributed by atoms with E-state index in [0.717, 1.165) is 6.21 Å². The Labute approximate surface area is 49.7 Å². The fraction of sp³-hybridized carbons (Fsp3) is 0.500. The molecule has 0 spiro atoms. The first-order valence-corrected chi connectivity index (χ1v) is 2.11. The molecule has 7 nitrogen and oxygen atoms in total. The Morgan fingerprint density at radius 3 is 2.89 bits per heavy atom. The molecule has 1 atom stereocenters. The summed E-state index contributed by atoms with van der Waals surface area (Å²) in [5.74, 6) is 0. The fourth-order valence-corrected chi connectivity index (χ4v) is 0.388. The smallest absolute Gasteiger partial charge is 0.220 e. The highest BCUT2D eigenvalue weighted by atomic mass is 16.9. The van der Waals surface area contributed by atoms with Crippen LogP contribution in [0.5, 0.6) is 0 Å². The largest absolute Gasteiger partial charge is 0.298 e. The van der Waals surface area contributed by atoms with Crippen molar-refractivity contribution in [2.24, 2.45) is 10.9 Å². The number of hydroxylamine groups is 1. The normalized spacial score (nSPS) is 24.1. The summed E-state index contributed by atoms with van der Waals surface area (Å²) in [6, 6.07) is 0. The summed E-state index contributed by atoms with van der Waals surface area (Å²) in [6.45, 7) is 0. The maximum Gasteiger partial charge on any atom is 0.220 e. The van der Waals surface area contributed by atoms with Gasteiger partial charge in [0.15, 0.2) is 0 Å². The Bertz CT molecular complexity index is 156. The molecule has 1 aliphatic rings. The summed E-state index contributed by atoms with van der Waals surface area (Å²) in [6.07, 6.45) is 0.253. The third-order valence-electron chi connectivity index (χ3n) is 0.760. The van der Waals surface area contributed by atoms with Crippen molar-refractivity contribution >= 4 is 6.21 Å². The van der Waals surface area contributed by atoms with Gasteiger partial charge in [0.05, 0.1) is 11.4 Å². The molecule has 2 N–H and O–H groups in total. The quantitative estimate of drug-likeness (QED) is 0.353. The van der Waals surface area contributed by atoms with Crippen molar-refractivity contribution in [2.45, 2.75) is 6.17 Å². The van der Waals surface area contributed by atoms with E-state index < -0.39 is 11.2 Å². The highest BCUT2D eigenvalue weighted by molar-refractivity contribution is 5.63. The molecule has 0 radical (unpaired) electrons. The van der Waals surface area contributed by atoms with Crippen LogP contribution in [0.1, 0.15) is 0 Å². The van der Waals surface area contributed by atoms with Crippen molar-refractivity contribution in [3.63, 3.8) is 0 Å². The van der Waals surface area contributed by atoms with Gasteiger partial charge >= 0.3 is 0 Å². The van der Waals surface area contributed by atoms with Gasteiger partial charge in [-0.15, -0.1) is 0 Å². The van der Waals surface area contributed by atoms with Gasteiger partial charge in [0.2, 0.25) is 11.2 Å². The predicted molar refractivity (Wildman–Crippen MR) is 26.4 cm³/mol. The van der Waals surface area contributed by atoms with Crippen LogP contribution in [0.15, 0.2) is 5.16 Å². The lowest BCUT2D eigenvalue weighted by molar-refractivity contribution is -0.735. The number of nitrogens with zero attached hydrogens (tertiary/aromatic N) is 3. The molecule has 0 aromatic heterocycles. The molecular formula is C2H4N4O3. The molecule has 0 bridgehead atoms. The van der Waals surface area contributed by atoms with Gasteiger partial charge in [0.1, 0.15) is 0 Å². The second-order valence-electron chi connectivity index (χ2n) is 1.37. The van der Waals surface area contributed by atoms with Crippen molar-refractivity contribution < 1.29 is 9.97 Å². The Balaban J connectivity index is 2.55. The lowest BCUT2D eigenvalue weighted by atomic mass is 10.6. The van der Waals surface area contributed by atoms with Crippen molar-refractivity contribution in [3.8, 4) is 0 Å². The third-order valence-corrected chi connectivity index (χ3v) is 0.760. The first kappa shape index (κ1) is 5.76. The van der Waals surface area contributed by atoms with E-state index in [9.17, 15) is 10.1 Å². The van der Waals surface area contributed by atoms with Gasteiger partial charge in [-0.05, 0) is 0 Å². The zero-order valence-electron chi connectivity index (χ0n) is 4.30. The number of rotatable bonds is 1. The van der Waals surface area contributed by atoms with Crippen molar-refractivity contribution in [1.29, 1.82) is 0 Å². The summed E-state index contributed by atoms with van der Waals surface area (Å²) in [4.78, 5) is 14.0. The highest BCUT2D eigenvalue weighted by Crippen LogP contribution is 1.99. The first-order valence-electron chi connectivity index (χ1n) is 2.11. The molecule has 0 aromatic rings. The summed E-state index contributed by atoms with van der Waals surface area (Å²) >= 11 is 0. The van der Waals surface area contributed by atoms with Crippen LogP contribution in [-0.4, -0.2) is 22.6 Å². The number of hydrogen-bond donors (Lipinski definition) is 1. The molecular weight excluding hydrogens is 128 g/mol. The van der Waals surface area contributed by atoms with Crippen molar-refractivity contribution in [1.82, 2.24) is 5.17 Å². The lowest BCUT2D eigenvalue weighted by Crippen LogP contribution is -2.41. The first-order chi connectivity index (χ1) is 4.22. The molecule has 0 fully saturated rings. The van der Waals surface area contributed by atoms with Crippen molar-refractivity contribution in [3.05, 3.63) is 10.1 Å². The molecule has 0 aliphatic carbocycles. The van der Waals surface area contributed by atoms with Gasteiger partial charge in [0, 0.05) is 0 Å². The van der Waals surface area contributed by atoms with Gasteiger partial charge in [-0.3, -0.25) is 5.73 Å². The lowest BCUT2D eigenvalue weighted by Gasteiger charge is -2.04. The monoisotopic (exact) mass is 132 g/mol. The summed E-state index contributed by atoms with van der Waals surface area (Å²) < 4.78 is 0. The number of hydrogen-bond acceptors (Lipinski definition) is 5. The number of nitrogens with two attached hydrogens (primary N) is 1. The van der Waals surface area contributed by atoms with E-state index >= 15 is 0 Å². The molecule has 0 aromatic carbocycles. The van der Waals surface area contributed by atoms with Gasteiger partial charge in [-0.25, -0.2) is 15.1 Å². The Hall–Kier alpha value is -1.37. The molecule has 1 rings (SSSR count). The molecule has 0 saturated carbocycles. The van der Waals surface area contributed by atoms with E-state index in [0.29, 0.717) is 5.17 Å². The van der Waals surface area contributed by atoms with E-state index in [1.165, 1.54) is 0 Å². The van der Waals surface area contributed by atoms with Crippen LogP contribution in [0.2, 0.25) is 0 Å². The van der Waals surface area contributed by atoms with Crippen LogP contribution in [-0.2, 0) is 4.94 Å². The van der Waals surface area contributed by atoms with Crippen LogP contribution >= 0.6 is 0 Å². The van der Waals surface area contributed by atoms with Crippen LogP contribution in [0.3, 0.4) is 0 Å². The van der Waals surface area contributed by atoms with E-state index in [-0.39, 0.29) is 0 Å². The average molecular weight is 132 g/mol. The standard InChI is InChI=1S/C2H4N4O3/c3-2-1-4-9-5(2)6(7)8/h1-2H,3H2. The maximum absolute atomic E-state index is 9.86. The molecule has 0 saturated heterocycles. The number of nitro groups is 1. The minimum Gasteiger partial charge on any atom is -0.298 e.